The average Bonchev–Trinajstić information content (AvgIpc) is 3.03. The number of hydrogen-bond donors (Lipinski definition) is 2. The van der Waals surface area contributed by atoms with Crippen LogP contribution in [0, 0.1) is 12.8 Å². The van der Waals surface area contributed by atoms with Crippen molar-refractivity contribution in [1.82, 2.24) is 15.3 Å². The highest BCUT2D eigenvalue weighted by Gasteiger charge is 2.27. The van der Waals surface area contributed by atoms with Crippen molar-refractivity contribution in [3.8, 4) is 28.4 Å². The second-order valence-corrected chi connectivity index (χ2v) is 10.3. The number of ether oxygens (including phenoxy) is 3. The van der Waals surface area contributed by atoms with Crippen LogP contribution < -0.4 is 29.7 Å². The number of benzene rings is 3. The van der Waals surface area contributed by atoms with Crippen molar-refractivity contribution >= 4 is 23.4 Å². The Morgan fingerprint density at radius 1 is 0.952 bits per heavy atom. The first-order valence-corrected chi connectivity index (χ1v) is 14.1. The number of nitrogens with zero attached hydrogens (tertiary/aromatic N) is 3. The van der Waals surface area contributed by atoms with Gasteiger partial charge in [-0.25, -0.2) is 4.98 Å². The Morgan fingerprint density at radius 2 is 1.71 bits per heavy atom. The van der Waals surface area contributed by atoms with E-state index in [-0.39, 0.29) is 11.8 Å². The van der Waals surface area contributed by atoms with Crippen molar-refractivity contribution in [2.75, 3.05) is 44.6 Å². The zero-order valence-corrected chi connectivity index (χ0v) is 24.5. The summed E-state index contributed by atoms with van der Waals surface area (Å²) in [5.74, 6) is 2.71. The molecular weight excluding hydrogens is 530 g/mol. The monoisotopic (exact) mass is 567 g/mol. The van der Waals surface area contributed by atoms with E-state index in [0.29, 0.717) is 42.0 Å². The quantitative estimate of drug-likeness (QED) is 0.250. The molecule has 0 spiro atoms. The lowest BCUT2D eigenvalue weighted by molar-refractivity contribution is -0.125. The average molecular weight is 568 g/mol. The number of carbonyl (C=O) groups excluding carboxylic acids is 1. The molecule has 1 aliphatic rings. The molecule has 0 saturated carbocycles. The Kier molecular flexibility index (Phi) is 9.06. The van der Waals surface area contributed by atoms with Gasteiger partial charge in [0.05, 0.1) is 27.2 Å². The molecule has 1 aromatic heterocycles. The largest absolute Gasteiger partial charge is 0.493 e. The molecule has 1 amide bonds. The third kappa shape index (κ3) is 6.74. The minimum atomic E-state index is -0.125. The summed E-state index contributed by atoms with van der Waals surface area (Å²) in [6.45, 7) is 3.99. The number of nitrogens with one attached hydrogen (secondary N) is 2. The summed E-state index contributed by atoms with van der Waals surface area (Å²) in [6.07, 6.45) is 3.46. The van der Waals surface area contributed by atoms with Gasteiger partial charge in [0.2, 0.25) is 17.6 Å². The minimum Gasteiger partial charge on any atom is -0.493 e. The molecule has 1 aliphatic heterocycles. The highest BCUT2D eigenvalue weighted by molar-refractivity contribution is 5.79. The Morgan fingerprint density at radius 3 is 2.43 bits per heavy atom. The van der Waals surface area contributed by atoms with Gasteiger partial charge < -0.3 is 29.7 Å². The van der Waals surface area contributed by atoms with Crippen molar-refractivity contribution < 1.29 is 19.0 Å². The topological polar surface area (TPSA) is 97.8 Å². The molecule has 3 aromatic carbocycles. The SMILES string of the molecule is COc1cc(Nc2nccc(N3CCC[C@H](C(=O)NCc4cccc(-c5ccc(C)cc5)c4)C3)n2)cc(OC)c1OC. The highest BCUT2D eigenvalue weighted by Crippen LogP contribution is 2.40. The zero-order valence-electron chi connectivity index (χ0n) is 24.5. The fourth-order valence-corrected chi connectivity index (χ4v) is 5.21. The number of anilines is 3. The number of aromatic nitrogens is 2. The van der Waals surface area contributed by atoms with Gasteiger partial charge in [0.25, 0.3) is 0 Å². The molecule has 1 saturated heterocycles. The van der Waals surface area contributed by atoms with Gasteiger partial charge in [0, 0.05) is 43.7 Å². The Hall–Kier alpha value is -4.79. The Balaban J connectivity index is 1.22. The second-order valence-electron chi connectivity index (χ2n) is 10.3. The van der Waals surface area contributed by atoms with E-state index in [2.05, 4.69) is 69.9 Å². The van der Waals surface area contributed by atoms with Crippen molar-refractivity contribution in [2.45, 2.75) is 26.3 Å². The number of rotatable bonds is 10. The van der Waals surface area contributed by atoms with Crippen molar-refractivity contribution in [2.24, 2.45) is 5.92 Å². The molecule has 0 unspecified atom stereocenters. The van der Waals surface area contributed by atoms with Gasteiger partial charge in [-0.05, 0) is 48.6 Å². The third-order valence-electron chi connectivity index (χ3n) is 7.46. The van der Waals surface area contributed by atoms with Gasteiger partial charge >= 0.3 is 0 Å². The van der Waals surface area contributed by atoms with Crippen LogP contribution in [0.3, 0.4) is 0 Å². The van der Waals surface area contributed by atoms with E-state index < -0.39 is 0 Å². The summed E-state index contributed by atoms with van der Waals surface area (Å²) in [5, 5.41) is 6.39. The fourth-order valence-electron chi connectivity index (χ4n) is 5.21. The summed E-state index contributed by atoms with van der Waals surface area (Å²) in [5.41, 5.74) is 5.32. The Labute approximate surface area is 246 Å². The summed E-state index contributed by atoms with van der Waals surface area (Å²) in [6, 6.07) is 22.3. The summed E-state index contributed by atoms with van der Waals surface area (Å²) < 4.78 is 16.3. The van der Waals surface area contributed by atoms with Crippen LogP contribution in [0.2, 0.25) is 0 Å². The molecule has 0 radical (unpaired) electrons. The van der Waals surface area contributed by atoms with E-state index in [1.165, 1.54) is 11.1 Å². The lowest BCUT2D eigenvalue weighted by atomic mass is 9.97. The first-order chi connectivity index (χ1) is 20.5. The maximum atomic E-state index is 13.2. The predicted molar refractivity (Wildman–Crippen MR) is 165 cm³/mol. The van der Waals surface area contributed by atoms with Gasteiger partial charge in [-0.15, -0.1) is 0 Å². The lowest BCUT2D eigenvalue weighted by Gasteiger charge is -2.33. The molecule has 0 bridgehead atoms. The molecule has 5 rings (SSSR count). The number of methoxy groups -OCH3 is 3. The van der Waals surface area contributed by atoms with Crippen LogP contribution in [0.25, 0.3) is 11.1 Å². The predicted octanol–water partition coefficient (Wildman–Crippen LogP) is 5.75. The third-order valence-corrected chi connectivity index (χ3v) is 7.46. The van der Waals surface area contributed by atoms with Crippen LogP contribution in [0.15, 0.2) is 72.9 Å². The summed E-state index contributed by atoms with van der Waals surface area (Å²) in [7, 11) is 4.71. The van der Waals surface area contributed by atoms with E-state index in [1.807, 2.05) is 12.1 Å². The molecule has 9 heteroatoms. The lowest BCUT2D eigenvalue weighted by Crippen LogP contribution is -2.43. The van der Waals surface area contributed by atoms with Crippen LogP contribution in [-0.2, 0) is 11.3 Å². The molecule has 2 N–H and O–H groups in total. The van der Waals surface area contributed by atoms with Gasteiger partial charge in [-0.2, -0.15) is 4.98 Å². The van der Waals surface area contributed by atoms with Gasteiger partial charge in [0.15, 0.2) is 11.5 Å². The van der Waals surface area contributed by atoms with Crippen molar-refractivity contribution in [3.05, 3.63) is 84.1 Å². The van der Waals surface area contributed by atoms with E-state index in [0.717, 1.165) is 36.3 Å². The molecule has 42 heavy (non-hydrogen) atoms. The molecule has 0 aliphatic carbocycles. The van der Waals surface area contributed by atoms with Crippen molar-refractivity contribution in [1.29, 1.82) is 0 Å². The molecule has 2 heterocycles. The maximum Gasteiger partial charge on any atom is 0.229 e. The molecule has 4 aromatic rings. The molecule has 9 nitrogen and oxygen atoms in total. The van der Waals surface area contributed by atoms with E-state index in [1.54, 1.807) is 39.7 Å². The van der Waals surface area contributed by atoms with E-state index in [9.17, 15) is 4.79 Å². The number of aryl methyl sites for hydroxylation is 1. The smallest absolute Gasteiger partial charge is 0.229 e. The number of carbonyl (C=O) groups is 1. The normalized spacial score (nSPS) is 14.7. The first-order valence-electron chi connectivity index (χ1n) is 14.1. The van der Waals surface area contributed by atoms with Crippen LogP contribution in [0.4, 0.5) is 17.5 Å². The zero-order chi connectivity index (χ0) is 29.5. The first kappa shape index (κ1) is 28.7. The van der Waals surface area contributed by atoms with Crippen LogP contribution in [0.5, 0.6) is 17.2 Å². The van der Waals surface area contributed by atoms with Gasteiger partial charge in [0.1, 0.15) is 5.82 Å². The number of hydrogen-bond acceptors (Lipinski definition) is 8. The van der Waals surface area contributed by atoms with Gasteiger partial charge in [-0.3, -0.25) is 4.79 Å². The number of piperidine rings is 1. The minimum absolute atomic E-state index is 0.0604. The Bertz CT molecular complexity index is 1500. The fraction of sp³-hybridized carbons (Fsp3) is 0.303. The van der Waals surface area contributed by atoms with E-state index in [4.69, 9.17) is 19.2 Å². The molecular formula is C33H37N5O4. The van der Waals surface area contributed by atoms with Gasteiger partial charge in [-0.1, -0.05) is 48.0 Å². The maximum absolute atomic E-state index is 13.2. The standard InChI is InChI=1S/C33H37N5O4/c1-22-10-12-24(13-11-22)25-8-5-7-23(17-25)20-35-32(39)26-9-6-16-38(21-26)30-14-15-34-33(37-30)36-27-18-28(40-2)31(42-4)29(19-27)41-3/h5,7-8,10-15,17-19,26H,6,9,16,20-21H2,1-4H3,(H,35,39)(H,34,36,37)/t26-/m0/s1. The van der Waals surface area contributed by atoms with E-state index >= 15 is 0 Å². The number of amides is 1. The second kappa shape index (κ2) is 13.2. The van der Waals surface area contributed by atoms with Crippen LogP contribution >= 0.6 is 0 Å². The highest BCUT2D eigenvalue weighted by atomic mass is 16.5. The van der Waals surface area contributed by atoms with Crippen LogP contribution in [-0.4, -0.2) is 50.3 Å². The van der Waals surface area contributed by atoms with Crippen molar-refractivity contribution in [3.63, 3.8) is 0 Å². The molecule has 218 valence electrons. The summed E-state index contributed by atoms with van der Waals surface area (Å²) in [4.78, 5) is 24.5. The molecule has 1 fully saturated rings. The molecule has 1 atom stereocenters. The van der Waals surface area contributed by atoms with Crippen LogP contribution in [0.1, 0.15) is 24.0 Å². The summed E-state index contributed by atoms with van der Waals surface area (Å²) >= 11 is 0.